The first-order valence-corrected chi connectivity index (χ1v) is 6.18. The van der Waals surface area contributed by atoms with Crippen molar-refractivity contribution in [3.63, 3.8) is 0 Å². The molecule has 0 nitrogen and oxygen atoms in total. The van der Waals surface area contributed by atoms with Gasteiger partial charge in [-0.15, -0.1) is 6.58 Å². The Hall–Kier alpha value is -0.260. The van der Waals surface area contributed by atoms with Gasteiger partial charge in [0.15, 0.2) is 0 Å². The monoisotopic (exact) mass is 196 g/mol. The van der Waals surface area contributed by atoms with Crippen molar-refractivity contribution in [3.05, 3.63) is 12.7 Å². The molecule has 0 fully saturated rings. The van der Waals surface area contributed by atoms with Gasteiger partial charge in [-0.2, -0.15) is 0 Å². The number of unbranched alkanes of at least 4 members (excludes halogenated alkanes) is 1. The smallest absolute Gasteiger partial charge is 0.0322 e. The third-order valence-electron chi connectivity index (χ3n) is 3.02. The van der Waals surface area contributed by atoms with Gasteiger partial charge in [0.2, 0.25) is 0 Å². The van der Waals surface area contributed by atoms with Crippen molar-refractivity contribution in [1.29, 1.82) is 0 Å². The van der Waals surface area contributed by atoms with Crippen LogP contribution in [-0.4, -0.2) is 0 Å². The van der Waals surface area contributed by atoms with E-state index < -0.39 is 0 Å². The van der Waals surface area contributed by atoms with Crippen LogP contribution in [0.15, 0.2) is 12.7 Å². The van der Waals surface area contributed by atoms with E-state index in [1.807, 2.05) is 0 Å². The molecule has 0 heterocycles. The molecule has 1 atom stereocenters. The number of allylic oxidation sites excluding steroid dienone is 1. The highest BCUT2D eigenvalue weighted by Gasteiger charge is 2.10. The predicted octanol–water partition coefficient (Wildman–Crippen LogP) is 5.05. The molecule has 0 saturated heterocycles. The quantitative estimate of drug-likeness (QED) is 0.376. The Morgan fingerprint density at radius 1 is 1.00 bits per heavy atom. The summed E-state index contributed by atoms with van der Waals surface area (Å²) < 4.78 is 0. The first kappa shape index (κ1) is 13.7. The molecule has 0 aliphatic carbocycles. The van der Waals surface area contributed by atoms with Crippen molar-refractivity contribution in [1.82, 2.24) is 0 Å². The van der Waals surface area contributed by atoms with Crippen LogP contribution < -0.4 is 0 Å². The van der Waals surface area contributed by atoms with Crippen LogP contribution in [0.3, 0.4) is 0 Å². The number of hydrogen-bond donors (Lipinski definition) is 0. The van der Waals surface area contributed by atoms with E-state index in [1.165, 1.54) is 32.1 Å². The maximum atomic E-state index is 3.84. The fraction of sp³-hybridized carbons (Fsp3) is 0.857. The number of rotatable bonds is 8. The summed E-state index contributed by atoms with van der Waals surface area (Å²) in [5, 5.41) is 0. The SMILES string of the molecule is C=CCC(CCCCC(C)C)C(C)C. The summed E-state index contributed by atoms with van der Waals surface area (Å²) in [6.45, 7) is 13.1. The van der Waals surface area contributed by atoms with Crippen molar-refractivity contribution in [2.45, 2.75) is 59.8 Å². The van der Waals surface area contributed by atoms with E-state index in [4.69, 9.17) is 0 Å². The lowest BCUT2D eigenvalue weighted by Gasteiger charge is -2.19. The van der Waals surface area contributed by atoms with Gasteiger partial charge in [0.05, 0.1) is 0 Å². The topological polar surface area (TPSA) is 0 Å². The second-order valence-electron chi connectivity index (χ2n) is 5.21. The van der Waals surface area contributed by atoms with Crippen LogP contribution >= 0.6 is 0 Å². The van der Waals surface area contributed by atoms with Crippen molar-refractivity contribution in [3.8, 4) is 0 Å². The number of hydrogen-bond acceptors (Lipinski definition) is 0. The maximum Gasteiger partial charge on any atom is -0.0322 e. The normalized spacial score (nSPS) is 13.6. The summed E-state index contributed by atoms with van der Waals surface area (Å²) in [4.78, 5) is 0. The molecule has 0 N–H and O–H groups in total. The van der Waals surface area contributed by atoms with Gasteiger partial charge >= 0.3 is 0 Å². The Kier molecular flexibility index (Phi) is 7.93. The molecule has 84 valence electrons. The molecule has 0 heteroatoms. The van der Waals surface area contributed by atoms with Crippen LogP contribution in [0.4, 0.5) is 0 Å². The van der Waals surface area contributed by atoms with Crippen LogP contribution in [0.1, 0.15) is 59.8 Å². The molecule has 0 amide bonds. The van der Waals surface area contributed by atoms with Crippen LogP contribution in [0, 0.1) is 17.8 Å². The highest BCUT2D eigenvalue weighted by atomic mass is 14.2. The van der Waals surface area contributed by atoms with Gasteiger partial charge in [-0.3, -0.25) is 0 Å². The molecule has 0 spiro atoms. The Morgan fingerprint density at radius 2 is 1.57 bits per heavy atom. The minimum atomic E-state index is 0.812. The zero-order chi connectivity index (χ0) is 11.0. The molecule has 0 rings (SSSR count). The van der Waals surface area contributed by atoms with E-state index in [0.29, 0.717) is 0 Å². The van der Waals surface area contributed by atoms with Gasteiger partial charge in [0.25, 0.3) is 0 Å². The van der Waals surface area contributed by atoms with E-state index in [0.717, 1.165) is 17.8 Å². The minimum absolute atomic E-state index is 0.812. The van der Waals surface area contributed by atoms with Crippen LogP contribution in [-0.2, 0) is 0 Å². The predicted molar refractivity (Wildman–Crippen MR) is 66.4 cm³/mol. The second kappa shape index (κ2) is 8.08. The van der Waals surface area contributed by atoms with E-state index >= 15 is 0 Å². The molecule has 14 heavy (non-hydrogen) atoms. The molecule has 0 bridgehead atoms. The van der Waals surface area contributed by atoms with Gasteiger partial charge < -0.3 is 0 Å². The van der Waals surface area contributed by atoms with Crippen molar-refractivity contribution in [2.24, 2.45) is 17.8 Å². The molecular weight excluding hydrogens is 168 g/mol. The van der Waals surface area contributed by atoms with Crippen molar-refractivity contribution >= 4 is 0 Å². The van der Waals surface area contributed by atoms with Gasteiger partial charge in [-0.05, 0) is 30.6 Å². The lowest BCUT2D eigenvalue weighted by Crippen LogP contribution is -2.07. The Balaban J connectivity index is 3.55. The van der Waals surface area contributed by atoms with Gasteiger partial charge in [0.1, 0.15) is 0 Å². The molecule has 0 aliphatic heterocycles. The Bertz CT molecular complexity index is 133. The summed E-state index contributed by atoms with van der Waals surface area (Å²) in [5.74, 6) is 2.54. The average molecular weight is 196 g/mol. The molecule has 0 saturated carbocycles. The molecule has 0 aromatic heterocycles. The summed E-state index contributed by atoms with van der Waals surface area (Å²) in [7, 11) is 0. The summed E-state index contributed by atoms with van der Waals surface area (Å²) >= 11 is 0. The Morgan fingerprint density at radius 3 is 2.00 bits per heavy atom. The largest absolute Gasteiger partial charge is 0.103 e. The standard InChI is InChI=1S/C14H28/c1-6-9-14(13(4)5)11-8-7-10-12(2)3/h6,12-14H,1,7-11H2,2-5H3. The van der Waals surface area contributed by atoms with Gasteiger partial charge in [-0.1, -0.05) is 53.0 Å². The molecule has 0 aromatic carbocycles. The average Bonchev–Trinajstić information content (AvgIpc) is 2.09. The fourth-order valence-electron chi connectivity index (χ4n) is 1.90. The summed E-state index contributed by atoms with van der Waals surface area (Å²) in [6, 6.07) is 0. The summed E-state index contributed by atoms with van der Waals surface area (Å²) in [6.07, 6.45) is 8.84. The second-order valence-corrected chi connectivity index (χ2v) is 5.21. The van der Waals surface area contributed by atoms with Crippen LogP contribution in [0.2, 0.25) is 0 Å². The van der Waals surface area contributed by atoms with Crippen LogP contribution in [0.25, 0.3) is 0 Å². The molecular formula is C14H28. The van der Waals surface area contributed by atoms with E-state index in [9.17, 15) is 0 Å². The zero-order valence-corrected chi connectivity index (χ0v) is 10.6. The first-order chi connectivity index (χ1) is 6.57. The Labute approximate surface area is 90.8 Å². The lowest BCUT2D eigenvalue weighted by molar-refractivity contribution is 0.345. The third kappa shape index (κ3) is 7.17. The highest BCUT2D eigenvalue weighted by Crippen LogP contribution is 2.23. The van der Waals surface area contributed by atoms with E-state index in [2.05, 4.69) is 40.3 Å². The third-order valence-corrected chi connectivity index (χ3v) is 3.02. The molecule has 0 aliphatic rings. The zero-order valence-electron chi connectivity index (χ0n) is 10.6. The summed E-state index contributed by atoms with van der Waals surface area (Å²) in [5.41, 5.74) is 0. The van der Waals surface area contributed by atoms with Crippen molar-refractivity contribution < 1.29 is 0 Å². The fourth-order valence-corrected chi connectivity index (χ4v) is 1.90. The van der Waals surface area contributed by atoms with E-state index in [-0.39, 0.29) is 0 Å². The molecule has 0 radical (unpaired) electrons. The maximum absolute atomic E-state index is 3.84. The minimum Gasteiger partial charge on any atom is -0.103 e. The van der Waals surface area contributed by atoms with Gasteiger partial charge in [-0.25, -0.2) is 0 Å². The highest BCUT2D eigenvalue weighted by molar-refractivity contribution is 4.75. The van der Waals surface area contributed by atoms with Gasteiger partial charge in [0, 0.05) is 0 Å². The van der Waals surface area contributed by atoms with Crippen LogP contribution in [0.5, 0.6) is 0 Å². The van der Waals surface area contributed by atoms with Crippen molar-refractivity contribution in [2.75, 3.05) is 0 Å². The lowest BCUT2D eigenvalue weighted by atomic mass is 9.87. The van der Waals surface area contributed by atoms with E-state index in [1.54, 1.807) is 0 Å². The first-order valence-electron chi connectivity index (χ1n) is 6.18. The molecule has 0 aromatic rings. The molecule has 1 unspecified atom stereocenters.